The van der Waals surface area contributed by atoms with Crippen LogP contribution >= 0.6 is 23.2 Å². The lowest BCUT2D eigenvalue weighted by Gasteiger charge is -2.53. The van der Waals surface area contributed by atoms with E-state index in [1.165, 1.54) is 6.92 Å². The molecular formula is C24H33Cl2NO3. The number of benzene rings is 1. The molecule has 1 aromatic rings. The summed E-state index contributed by atoms with van der Waals surface area (Å²) in [5.74, 6) is 0.710. The van der Waals surface area contributed by atoms with Crippen LogP contribution in [-0.4, -0.2) is 29.3 Å². The number of carbonyl (C=O) groups is 1. The number of halogens is 2. The Morgan fingerprint density at radius 2 is 1.97 bits per heavy atom. The number of nitrogens with one attached hydrogen (secondary N) is 1. The summed E-state index contributed by atoms with van der Waals surface area (Å²) in [4.78, 5) is 11.5. The Morgan fingerprint density at radius 1 is 1.30 bits per heavy atom. The first-order valence-electron chi connectivity index (χ1n) is 10.8. The van der Waals surface area contributed by atoms with Gasteiger partial charge in [0, 0.05) is 35.9 Å². The third-order valence-electron chi connectivity index (χ3n) is 7.04. The van der Waals surface area contributed by atoms with Crippen LogP contribution in [0.1, 0.15) is 52.5 Å². The molecule has 1 unspecified atom stereocenters. The molecule has 2 aliphatic carbocycles. The summed E-state index contributed by atoms with van der Waals surface area (Å²) >= 11 is 12.2. The van der Waals surface area contributed by atoms with E-state index in [1.807, 2.05) is 19.1 Å². The Kier molecular flexibility index (Phi) is 7.55. The second-order valence-electron chi connectivity index (χ2n) is 9.26. The van der Waals surface area contributed by atoms with Crippen LogP contribution in [0.3, 0.4) is 0 Å². The van der Waals surface area contributed by atoms with Crippen molar-refractivity contribution in [1.82, 2.24) is 5.32 Å². The summed E-state index contributed by atoms with van der Waals surface area (Å²) in [6.45, 7) is 9.35. The van der Waals surface area contributed by atoms with E-state index >= 15 is 0 Å². The highest BCUT2D eigenvalue weighted by Gasteiger charge is 2.52. The number of aliphatic hydroxyl groups is 1. The van der Waals surface area contributed by atoms with Crippen LogP contribution in [0.25, 0.3) is 0 Å². The van der Waals surface area contributed by atoms with E-state index in [4.69, 9.17) is 27.9 Å². The van der Waals surface area contributed by atoms with E-state index < -0.39 is 5.60 Å². The fraction of sp³-hybridized carbons (Fsp3) is 0.625. The fourth-order valence-electron chi connectivity index (χ4n) is 5.31. The molecule has 0 saturated heterocycles. The molecule has 6 heteroatoms. The number of fused-ring (bicyclic) bond motifs is 1. The van der Waals surface area contributed by atoms with Crippen LogP contribution in [0.15, 0.2) is 29.8 Å². The van der Waals surface area contributed by atoms with Gasteiger partial charge in [0.25, 0.3) is 0 Å². The zero-order valence-electron chi connectivity index (χ0n) is 18.3. The minimum atomic E-state index is -0.836. The number of hydrogen-bond acceptors (Lipinski definition) is 4. The molecular weight excluding hydrogens is 421 g/mol. The van der Waals surface area contributed by atoms with Crippen molar-refractivity contribution in [3.63, 3.8) is 0 Å². The monoisotopic (exact) mass is 453 g/mol. The van der Waals surface area contributed by atoms with Crippen molar-refractivity contribution >= 4 is 29.2 Å². The highest BCUT2D eigenvalue weighted by Crippen LogP contribution is 2.51. The molecule has 0 radical (unpaired) electrons. The van der Waals surface area contributed by atoms with E-state index in [2.05, 4.69) is 25.2 Å². The zero-order valence-corrected chi connectivity index (χ0v) is 19.8. The van der Waals surface area contributed by atoms with Crippen LogP contribution in [0.5, 0.6) is 0 Å². The largest absolute Gasteiger partial charge is 0.458 e. The molecule has 30 heavy (non-hydrogen) atoms. The van der Waals surface area contributed by atoms with Gasteiger partial charge in [0.15, 0.2) is 0 Å². The zero-order chi connectivity index (χ0) is 22.1. The molecule has 4 nitrogen and oxygen atoms in total. The summed E-state index contributed by atoms with van der Waals surface area (Å²) < 4.78 is 5.49. The molecule has 3 rings (SSSR count). The number of rotatable bonds is 6. The van der Waals surface area contributed by atoms with E-state index in [9.17, 15) is 9.90 Å². The maximum absolute atomic E-state index is 11.7. The average Bonchev–Trinajstić information content (AvgIpc) is 2.63. The third-order valence-corrected chi connectivity index (χ3v) is 7.48. The van der Waals surface area contributed by atoms with Gasteiger partial charge in [-0.2, -0.15) is 0 Å². The standard InChI is InChI=1S/C24H33Cl2NO3/c1-14-7-22-21(6-5-16(3)24(22,29)11-23(14)30-17(4)28)15(2)12-27-13-18-8-19(25)10-20(26)9-18/h7-10,15-16,21-23,27,29H,5-6,11-13H2,1-4H3/t15?,16-,21+,22-,23-,24-/m1/s1. The van der Waals surface area contributed by atoms with Crippen LogP contribution in [0, 0.1) is 23.7 Å². The maximum Gasteiger partial charge on any atom is 0.303 e. The van der Waals surface area contributed by atoms with Crippen LogP contribution in [0.2, 0.25) is 10.0 Å². The first-order valence-corrected chi connectivity index (χ1v) is 11.6. The van der Waals surface area contributed by atoms with Crippen LogP contribution in [0.4, 0.5) is 0 Å². The molecule has 2 aliphatic rings. The average molecular weight is 454 g/mol. The van der Waals surface area contributed by atoms with Gasteiger partial charge in [-0.1, -0.05) is 43.1 Å². The van der Waals surface area contributed by atoms with Gasteiger partial charge in [0.05, 0.1) is 5.60 Å². The lowest BCUT2D eigenvalue weighted by Crippen LogP contribution is -2.56. The number of esters is 1. The van der Waals surface area contributed by atoms with Gasteiger partial charge in [0.1, 0.15) is 6.10 Å². The summed E-state index contributed by atoms with van der Waals surface area (Å²) in [5, 5.41) is 16.5. The highest BCUT2D eigenvalue weighted by molar-refractivity contribution is 6.34. The van der Waals surface area contributed by atoms with E-state index in [1.54, 1.807) is 6.07 Å². The number of ether oxygens (including phenoxy) is 1. The maximum atomic E-state index is 11.7. The topological polar surface area (TPSA) is 58.6 Å². The molecule has 1 aromatic carbocycles. The van der Waals surface area contributed by atoms with Gasteiger partial charge in [-0.3, -0.25) is 4.79 Å². The highest BCUT2D eigenvalue weighted by atomic mass is 35.5. The van der Waals surface area contributed by atoms with E-state index in [0.29, 0.717) is 34.8 Å². The third kappa shape index (κ3) is 5.21. The molecule has 0 aliphatic heterocycles. The second kappa shape index (κ2) is 9.60. The van der Waals surface area contributed by atoms with E-state index in [-0.39, 0.29) is 23.9 Å². The Hall–Kier alpha value is -1.07. The molecule has 1 fully saturated rings. The van der Waals surface area contributed by atoms with Crippen molar-refractivity contribution in [1.29, 1.82) is 0 Å². The van der Waals surface area contributed by atoms with Crippen LogP contribution < -0.4 is 5.32 Å². The van der Waals surface area contributed by atoms with Crippen molar-refractivity contribution in [2.45, 2.75) is 65.2 Å². The minimum absolute atomic E-state index is 0.0745. The Bertz CT molecular complexity index is 791. The summed E-state index contributed by atoms with van der Waals surface area (Å²) in [5.41, 5.74) is 1.27. The Labute approximate surface area is 190 Å². The lowest BCUT2D eigenvalue weighted by atomic mass is 9.57. The predicted molar refractivity (Wildman–Crippen MR) is 122 cm³/mol. The second-order valence-corrected chi connectivity index (χ2v) is 10.1. The summed E-state index contributed by atoms with van der Waals surface area (Å²) in [6, 6.07) is 5.59. The predicted octanol–water partition coefficient (Wildman–Crippen LogP) is 5.39. The first kappa shape index (κ1) is 23.6. The summed E-state index contributed by atoms with van der Waals surface area (Å²) in [6.07, 6.45) is 4.39. The van der Waals surface area contributed by atoms with Crippen molar-refractivity contribution in [3.05, 3.63) is 45.5 Å². The molecule has 0 spiro atoms. The molecule has 0 bridgehead atoms. The molecule has 0 amide bonds. The molecule has 0 aromatic heterocycles. The Morgan fingerprint density at radius 3 is 2.60 bits per heavy atom. The van der Waals surface area contributed by atoms with Gasteiger partial charge in [-0.25, -0.2) is 0 Å². The fourth-order valence-corrected chi connectivity index (χ4v) is 5.88. The SMILES string of the molecule is CC(=O)O[C@@H]1C[C@@]2(O)[C@H](C)CC[C@@H](C(C)CNCc3cc(Cl)cc(Cl)c3)[C@H]2C=C1C. The van der Waals surface area contributed by atoms with Crippen LogP contribution in [-0.2, 0) is 16.1 Å². The molecule has 6 atom stereocenters. The quantitative estimate of drug-likeness (QED) is 0.447. The number of carbonyl (C=O) groups excluding carboxylic acids is 1. The van der Waals surface area contributed by atoms with Crippen molar-refractivity contribution in [2.24, 2.45) is 23.7 Å². The van der Waals surface area contributed by atoms with Gasteiger partial charge in [0.2, 0.25) is 0 Å². The smallest absolute Gasteiger partial charge is 0.303 e. The minimum Gasteiger partial charge on any atom is -0.458 e. The van der Waals surface area contributed by atoms with Gasteiger partial charge < -0.3 is 15.2 Å². The van der Waals surface area contributed by atoms with Gasteiger partial charge >= 0.3 is 5.97 Å². The van der Waals surface area contributed by atoms with E-state index in [0.717, 1.165) is 30.5 Å². The molecule has 0 heterocycles. The summed E-state index contributed by atoms with van der Waals surface area (Å²) in [7, 11) is 0. The van der Waals surface area contributed by atoms with Crippen molar-refractivity contribution < 1.29 is 14.6 Å². The lowest BCUT2D eigenvalue weighted by molar-refractivity contribution is -0.159. The van der Waals surface area contributed by atoms with Crippen molar-refractivity contribution in [3.8, 4) is 0 Å². The van der Waals surface area contributed by atoms with Gasteiger partial charge in [-0.05, 0) is 73.4 Å². The normalized spacial score (nSPS) is 32.2. The number of hydrogen-bond donors (Lipinski definition) is 2. The first-order chi connectivity index (χ1) is 14.1. The van der Waals surface area contributed by atoms with Crippen molar-refractivity contribution in [2.75, 3.05) is 6.54 Å². The molecule has 166 valence electrons. The molecule has 1 saturated carbocycles. The Balaban J connectivity index is 1.69. The molecule has 2 N–H and O–H groups in total. The van der Waals surface area contributed by atoms with Gasteiger partial charge in [-0.15, -0.1) is 0 Å².